The van der Waals surface area contributed by atoms with Crippen LogP contribution in [-0.4, -0.2) is 35.6 Å². The highest BCUT2D eigenvalue weighted by Crippen LogP contribution is 2.27. The van der Waals surface area contributed by atoms with Crippen molar-refractivity contribution in [1.82, 2.24) is 15.3 Å². The number of pyridine rings is 1. The summed E-state index contributed by atoms with van der Waals surface area (Å²) in [5.74, 6) is 0.592. The highest BCUT2D eigenvalue weighted by atomic mass is 32.1. The minimum atomic E-state index is -0.148. The zero-order chi connectivity index (χ0) is 16.2. The van der Waals surface area contributed by atoms with Crippen molar-refractivity contribution in [2.24, 2.45) is 0 Å². The van der Waals surface area contributed by atoms with Gasteiger partial charge in [0.15, 0.2) is 5.13 Å². The average molecular weight is 332 g/mol. The van der Waals surface area contributed by atoms with Gasteiger partial charge in [-0.05, 0) is 25.8 Å². The molecule has 2 aromatic heterocycles. The Balaban J connectivity index is 1.65. The van der Waals surface area contributed by atoms with Gasteiger partial charge in [0.05, 0.1) is 7.11 Å². The van der Waals surface area contributed by atoms with Crippen LogP contribution in [0.1, 0.15) is 24.1 Å². The number of anilines is 1. The molecular formula is C16H20N4O2S. The van der Waals surface area contributed by atoms with E-state index in [-0.39, 0.29) is 11.9 Å². The number of carbonyl (C=O) groups excluding carboxylic acids is 1. The molecule has 1 amide bonds. The zero-order valence-corrected chi connectivity index (χ0v) is 14.1. The predicted octanol–water partition coefficient (Wildman–Crippen LogP) is 2.14. The van der Waals surface area contributed by atoms with Crippen LogP contribution in [0.5, 0.6) is 5.88 Å². The summed E-state index contributed by atoms with van der Waals surface area (Å²) < 4.78 is 5.28. The molecule has 122 valence electrons. The monoisotopic (exact) mass is 332 g/mol. The standard InChI is InChI=1S/C16H20N4O2S/c1-11-5-6-12(15(19-11)22-2)10-18-14(21)13-4-3-8-20(13)16-17-7-9-23-16/h5-7,9,13H,3-4,8,10H2,1-2H3,(H,18,21). The smallest absolute Gasteiger partial charge is 0.243 e. The molecule has 1 atom stereocenters. The van der Waals surface area contributed by atoms with Crippen molar-refractivity contribution in [3.8, 4) is 5.88 Å². The molecule has 23 heavy (non-hydrogen) atoms. The Kier molecular flexibility index (Phi) is 4.76. The molecule has 0 spiro atoms. The molecule has 3 heterocycles. The molecule has 3 rings (SSSR count). The van der Waals surface area contributed by atoms with Gasteiger partial charge in [-0.1, -0.05) is 6.07 Å². The van der Waals surface area contributed by atoms with Crippen molar-refractivity contribution in [3.05, 3.63) is 35.0 Å². The lowest BCUT2D eigenvalue weighted by molar-refractivity contribution is -0.122. The molecule has 0 radical (unpaired) electrons. The van der Waals surface area contributed by atoms with E-state index in [2.05, 4.69) is 20.2 Å². The van der Waals surface area contributed by atoms with Gasteiger partial charge in [0.2, 0.25) is 11.8 Å². The third-order valence-corrected chi connectivity index (χ3v) is 4.75. The first-order valence-electron chi connectivity index (χ1n) is 7.63. The molecule has 1 unspecified atom stereocenters. The number of nitrogens with zero attached hydrogens (tertiary/aromatic N) is 3. The lowest BCUT2D eigenvalue weighted by Gasteiger charge is -2.23. The summed E-state index contributed by atoms with van der Waals surface area (Å²) in [6.45, 7) is 3.20. The number of aryl methyl sites for hydroxylation is 1. The highest BCUT2D eigenvalue weighted by molar-refractivity contribution is 7.13. The van der Waals surface area contributed by atoms with Crippen LogP contribution in [0.25, 0.3) is 0 Å². The molecule has 0 saturated carbocycles. The van der Waals surface area contributed by atoms with Crippen LogP contribution in [0, 0.1) is 6.92 Å². The maximum Gasteiger partial charge on any atom is 0.243 e. The molecule has 0 aromatic carbocycles. The molecule has 1 N–H and O–H groups in total. The summed E-state index contributed by atoms with van der Waals surface area (Å²) in [4.78, 5) is 23.3. The zero-order valence-electron chi connectivity index (χ0n) is 13.3. The van der Waals surface area contributed by atoms with Crippen LogP contribution in [0.4, 0.5) is 5.13 Å². The van der Waals surface area contributed by atoms with Gasteiger partial charge in [-0.15, -0.1) is 11.3 Å². The van der Waals surface area contributed by atoms with Crippen LogP contribution in [0.15, 0.2) is 23.7 Å². The summed E-state index contributed by atoms with van der Waals surface area (Å²) in [7, 11) is 1.59. The van der Waals surface area contributed by atoms with Gasteiger partial charge in [0, 0.05) is 35.9 Å². The Hall–Kier alpha value is -2.15. The van der Waals surface area contributed by atoms with E-state index in [1.54, 1.807) is 24.6 Å². The second-order valence-electron chi connectivity index (χ2n) is 5.50. The molecule has 0 aliphatic carbocycles. The van der Waals surface area contributed by atoms with E-state index >= 15 is 0 Å². The molecule has 6 nitrogen and oxygen atoms in total. The van der Waals surface area contributed by atoms with E-state index in [4.69, 9.17) is 4.74 Å². The van der Waals surface area contributed by atoms with Crippen molar-refractivity contribution in [2.45, 2.75) is 32.4 Å². The molecule has 7 heteroatoms. The fourth-order valence-corrected chi connectivity index (χ4v) is 3.52. The van der Waals surface area contributed by atoms with Crippen molar-refractivity contribution in [2.75, 3.05) is 18.6 Å². The summed E-state index contributed by atoms with van der Waals surface area (Å²) in [6.07, 6.45) is 3.64. The summed E-state index contributed by atoms with van der Waals surface area (Å²) in [5.41, 5.74) is 1.77. The van der Waals surface area contributed by atoms with E-state index in [0.29, 0.717) is 12.4 Å². The maximum absolute atomic E-state index is 12.6. The molecule has 0 bridgehead atoms. The van der Waals surface area contributed by atoms with Crippen LogP contribution < -0.4 is 15.0 Å². The van der Waals surface area contributed by atoms with Gasteiger partial charge in [-0.3, -0.25) is 4.79 Å². The average Bonchev–Trinajstić information content (AvgIpc) is 3.23. The number of carbonyl (C=O) groups is 1. The topological polar surface area (TPSA) is 67.3 Å². The Morgan fingerprint density at radius 2 is 2.39 bits per heavy atom. The lowest BCUT2D eigenvalue weighted by atomic mass is 10.2. The molecular weight excluding hydrogens is 312 g/mol. The van der Waals surface area contributed by atoms with Crippen LogP contribution in [-0.2, 0) is 11.3 Å². The fraction of sp³-hybridized carbons (Fsp3) is 0.438. The Morgan fingerprint density at radius 1 is 1.52 bits per heavy atom. The highest BCUT2D eigenvalue weighted by Gasteiger charge is 2.32. The van der Waals surface area contributed by atoms with E-state index in [1.165, 1.54) is 0 Å². The molecule has 1 saturated heterocycles. The molecule has 1 fully saturated rings. The normalized spacial score (nSPS) is 17.3. The first-order valence-corrected chi connectivity index (χ1v) is 8.51. The summed E-state index contributed by atoms with van der Waals surface area (Å²) in [5, 5.41) is 5.85. The van der Waals surface area contributed by atoms with E-state index in [1.807, 2.05) is 24.4 Å². The second-order valence-corrected chi connectivity index (χ2v) is 6.38. The number of thiazole rings is 1. The number of methoxy groups -OCH3 is 1. The Bertz CT molecular complexity index is 675. The third-order valence-electron chi connectivity index (χ3n) is 3.95. The van der Waals surface area contributed by atoms with Gasteiger partial charge in [-0.2, -0.15) is 0 Å². The van der Waals surface area contributed by atoms with Crippen molar-refractivity contribution in [3.63, 3.8) is 0 Å². The minimum absolute atomic E-state index is 0.0281. The second kappa shape index (κ2) is 6.95. The van der Waals surface area contributed by atoms with Gasteiger partial charge in [0.25, 0.3) is 0 Å². The lowest BCUT2D eigenvalue weighted by Crippen LogP contribution is -2.43. The first kappa shape index (κ1) is 15.7. The minimum Gasteiger partial charge on any atom is -0.481 e. The van der Waals surface area contributed by atoms with E-state index in [0.717, 1.165) is 35.8 Å². The van der Waals surface area contributed by atoms with Crippen LogP contribution in [0.3, 0.4) is 0 Å². The number of hydrogen-bond donors (Lipinski definition) is 1. The summed E-state index contributed by atoms with van der Waals surface area (Å²) >= 11 is 1.57. The SMILES string of the molecule is COc1nc(C)ccc1CNC(=O)C1CCCN1c1nccs1. The fourth-order valence-electron chi connectivity index (χ4n) is 2.80. The largest absolute Gasteiger partial charge is 0.481 e. The number of nitrogens with one attached hydrogen (secondary N) is 1. The number of ether oxygens (including phenoxy) is 1. The van der Waals surface area contributed by atoms with Crippen LogP contribution >= 0.6 is 11.3 Å². The van der Waals surface area contributed by atoms with Crippen LogP contribution in [0.2, 0.25) is 0 Å². The maximum atomic E-state index is 12.6. The molecule has 1 aliphatic heterocycles. The van der Waals surface area contributed by atoms with Gasteiger partial charge in [-0.25, -0.2) is 9.97 Å². The number of amides is 1. The van der Waals surface area contributed by atoms with Crippen molar-refractivity contribution in [1.29, 1.82) is 0 Å². The van der Waals surface area contributed by atoms with E-state index in [9.17, 15) is 4.79 Å². The first-order chi connectivity index (χ1) is 11.2. The van der Waals surface area contributed by atoms with Gasteiger partial charge >= 0.3 is 0 Å². The Morgan fingerprint density at radius 3 is 3.13 bits per heavy atom. The van der Waals surface area contributed by atoms with Crippen molar-refractivity contribution < 1.29 is 9.53 Å². The molecule has 1 aliphatic rings. The number of rotatable bonds is 5. The molecule has 2 aromatic rings. The van der Waals surface area contributed by atoms with Gasteiger partial charge < -0.3 is 15.0 Å². The quantitative estimate of drug-likeness (QED) is 0.908. The number of aromatic nitrogens is 2. The van der Waals surface area contributed by atoms with Gasteiger partial charge in [0.1, 0.15) is 6.04 Å². The Labute approximate surface area is 139 Å². The third kappa shape index (κ3) is 3.44. The number of hydrogen-bond acceptors (Lipinski definition) is 6. The predicted molar refractivity (Wildman–Crippen MR) is 89.9 cm³/mol. The van der Waals surface area contributed by atoms with Crippen molar-refractivity contribution >= 4 is 22.4 Å². The van der Waals surface area contributed by atoms with E-state index < -0.39 is 0 Å². The summed E-state index contributed by atoms with van der Waals surface area (Å²) in [6, 6.07) is 3.71.